The topological polar surface area (TPSA) is 132 Å². The summed E-state index contributed by atoms with van der Waals surface area (Å²) in [6.45, 7) is 5.57. The molecule has 0 saturated carbocycles. The van der Waals surface area contributed by atoms with Crippen LogP contribution in [0.5, 0.6) is 0 Å². The molecule has 0 spiro atoms. The number of rotatable bonds is 6. The van der Waals surface area contributed by atoms with Crippen LogP contribution < -0.4 is 21.7 Å². The van der Waals surface area contributed by atoms with E-state index in [-0.39, 0.29) is 36.2 Å². The summed E-state index contributed by atoms with van der Waals surface area (Å²) in [6.07, 6.45) is 2.17. The van der Waals surface area contributed by atoms with Gasteiger partial charge in [0.15, 0.2) is 0 Å². The highest BCUT2D eigenvalue weighted by molar-refractivity contribution is 7.89. The third-order valence-corrected chi connectivity index (χ3v) is 11.6. The molecule has 3 fully saturated rings. The van der Waals surface area contributed by atoms with Gasteiger partial charge >= 0.3 is 0 Å². The molecule has 1 amide bonds. The molecule has 0 aliphatic carbocycles. The Morgan fingerprint density at radius 2 is 1.97 bits per heavy atom. The van der Waals surface area contributed by atoms with Crippen LogP contribution in [0.3, 0.4) is 0 Å². The van der Waals surface area contributed by atoms with Crippen LogP contribution in [-0.4, -0.2) is 105 Å². The number of carbonyl (C=O) groups excluding carboxylic acids is 1. The maximum absolute atomic E-state index is 15.4. The van der Waals surface area contributed by atoms with E-state index in [1.165, 1.54) is 24.6 Å². The van der Waals surface area contributed by atoms with Crippen LogP contribution in [0.25, 0.3) is 0 Å². The molecular formula is C26H45F2N7O3S. The summed E-state index contributed by atoms with van der Waals surface area (Å²) in [6, 6.07) is -1.23. The molecule has 7 unspecified atom stereocenters. The van der Waals surface area contributed by atoms with Crippen molar-refractivity contribution in [3.63, 3.8) is 0 Å². The lowest BCUT2D eigenvalue weighted by molar-refractivity contribution is -0.125. The van der Waals surface area contributed by atoms with Crippen molar-refractivity contribution in [3.8, 4) is 0 Å². The molecule has 4 aliphatic heterocycles. The Labute approximate surface area is 231 Å². The van der Waals surface area contributed by atoms with E-state index in [1.807, 2.05) is 4.90 Å². The molecule has 2 bridgehead atoms. The number of nitrogens with two attached hydrogens (primary N) is 1. The summed E-state index contributed by atoms with van der Waals surface area (Å²) in [7, 11) is -0.332. The van der Waals surface area contributed by atoms with Gasteiger partial charge in [-0.25, -0.2) is 21.5 Å². The molecule has 4 aliphatic rings. The highest BCUT2D eigenvalue weighted by Crippen LogP contribution is 2.39. The lowest BCUT2D eigenvalue weighted by Gasteiger charge is -2.45. The molecule has 4 heterocycles. The molecule has 5 N–H and O–H groups in total. The number of nitrogens with one attached hydrogen (secondary N) is 3. The number of allylic oxidation sites excluding steroid dienone is 1. The van der Waals surface area contributed by atoms with Gasteiger partial charge in [0.1, 0.15) is 17.9 Å². The van der Waals surface area contributed by atoms with E-state index >= 15 is 4.39 Å². The monoisotopic (exact) mass is 573 g/mol. The molecule has 7 atom stereocenters. The fourth-order valence-corrected chi connectivity index (χ4v) is 8.06. The average molecular weight is 574 g/mol. The van der Waals surface area contributed by atoms with Gasteiger partial charge in [0, 0.05) is 45.4 Å². The molecule has 0 aromatic carbocycles. The van der Waals surface area contributed by atoms with Crippen molar-refractivity contribution in [3.05, 3.63) is 12.0 Å². The number of likely N-dealkylation sites (tertiary alicyclic amines) is 1. The van der Waals surface area contributed by atoms with Crippen molar-refractivity contribution in [2.24, 2.45) is 22.1 Å². The van der Waals surface area contributed by atoms with Gasteiger partial charge < -0.3 is 16.4 Å². The first-order chi connectivity index (χ1) is 18.4. The average Bonchev–Trinajstić information content (AvgIpc) is 2.95. The number of amides is 1. The summed E-state index contributed by atoms with van der Waals surface area (Å²) in [5.74, 6) is -1.52. The van der Waals surface area contributed by atoms with Gasteiger partial charge in [-0.05, 0) is 50.6 Å². The van der Waals surface area contributed by atoms with Gasteiger partial charge in [0.2, 0.25) is 15.9 Å². The number of fused-ring (bicyclic) bond motifs is 3. The number of piperidine rings is 2. The fraction of sp³-hybridized carbons (Fsp3) is 0.846. The molecule has 3 saturated heterocycles. The number of hydrogen-bond donors (Lipinski definition) is 4. The van der Waals surface area contributed by atoms with Crippen LogP contribution in [0.1, 0.15) is 52.4 Å². The van der Waals surface area contributed by atoms with Crippen molar-refractivity contribution < 1.29 is 22.0 Å². The van der Waals surface area contributed by atoms with E-state index in [1.54, 1.807) is 0 Å². The van der Waals surface area contributed by atoms with Crippen LogP contribution in [0.15, 0.2) is 17.0 Å². The minimum atomic E-state index is -3.39. The number of hydrogen-bond acceptors (Lipinski definition) is 8. The Morgan fingerprint density at radius 1 is 1.28 bits per heavy atom. The molecule has 4 rings (SSSR count). The maximum Gasteiger partial charge on any atom is 0.232 e. The van der Waals surface area contributed by atoms with E-state index in [4.69, 9.17) is 5.73 Å². The zero-order valence-corrected chi connectivity index (χ0v) is 24.3. The fourth-order valence-electron chi connectivity index (χ4n) is 6.66. The number of aliphatic imine (C=N–C) groups is 1. The summed E-state index contributed by atoms with van der Waals surface area (Å²) >= 11 is 0. The van der Waals surface area contributed by atoms with Crippen molar-refractivity contribution >= 4 is 21.6 Å². The Morgan fingerprint density at radius 3 is 2.62 bits per heavy atom. The molecule has 10 nitrogen and oxygen atoms in total. The number of alkyl halides is 1. The Hall–Kier alpha value is -1.51. The van der Waals surface area contributed by atoms with Crippen LogP contribution >= 0.6 is 0 Å². The molecule has 0 aromatic heterocycles. The van der Waals surface area contributed by atoms with E-state index in [0.29, 0.717) is 51.0 Å². The summed E-state index contributed by atoms with van der Waals surface area (Å²) in [5, 5.41) is 9.02. The summed E-state index contributed by atoms with van der Waals surface area (Å²) < 4.78 is 56.2. The predicted molar refractivity (Wildman–Crippen MR) is 148 cm³/mol. The Bertz CT molecular complexity index is 1060. The second-order valence-electron chi connectivity index (χ2n) is 12.0. The van der Waals surface area contributed by atoms with E-state index in [9.17, 15) is 17.6 Å². The van der Waals surface area contributed by atoms with Gasteiger partial charge in [-0.2, -0.15) is 0 Å². The zero-order chi connectivity index (χ0) is 28.5. The van der Waals surface area contributed by atoms with Crippen molar-refractivity contribution in [1.82, 2.24) is 25.2 Å². The molecule has 13 heteroatoms. The lowest BCUT2D eigenvalue weighted by Crippen LogP contribution is -2.67. The SMILES string of the molecule is CCC1(C)CC2=N/C=C(/F)CCC1NC(N)C2C(=O)NC1CNCC(F)C1N1CCC(S(=O)(=O)N(C)C)CC1. The van der Waals surface area contributed by atoms with Crippen LogP contribution in [0.2, 0.25) is 0 Å². The molecule has 0 radical (unpaired) electrons. The molecular weight excluding hydrogens is 528 g/mol. The Kier molecular flexibility index (Phi) is 9.49. The maximum atomic E-state index is 15.4. The Balaban J connectivity index is 1.53. The van der Waals surface area contributed by atoms with Gasteiger partial charge in [-0.3, -0.25) is 20.0 Å². The second kappa shape index (κ2) is 12.2. The molecule has 39 heavy (non-hydrogen) atoms. The van der Waals surface area contributed by atoms with E-state index in [2.05, 4.69) is 34.8 Å². The largest absolute Gasteiger partial charge is 0.350 e. The smallest absolute Gasteiger partial charge is 0.232 e. The van der Waals surface area contributed by atoms with Crippen LogP contribution in [0.4, 0.5) is 8.78 Å². The normalized spacial score (nSPS) is 38.7. The first-order valence-corrected chi connectivity index (χ1v) is 15.6. The minimum absolute atomic E-state index is 0.0863. The van der Waals surface area contributed by atoms with Gasteiger partial charge in [0.25, 0.3) is 0 Å². The van der Waals surface area contributed by atoms with Crippen molar-refractivity contribution in [1.29, 1.82) is 0 Å². The first kappa shape index (κ1) is 30.4. The number of carbonyl (C=O) groups is 1. The predicted octanol–water partition coefficient (Wildman–Crippen LogP) is 0.862. The molecule has 222 valence electrons. The summed E-state index contributed by atoms with van der Waals surface area (Å²) in [4.78, 5) is 20.2. The van der Waals surface area contributed by atoms with E-state index in [0.717, 1.165) is 6.42 Å². The number of sulfonamides is 1. The standard InChI is InChI=1S/C26H45F2N7O3S/c1-5-26(2)12-19-22(24(29)33-21(26)7-6-16(27)13-31-19)25(36)32-20-15-30-14-18(28)23(20)35-10-8-17(9-11-35)39(37,38)34(3)4/h13,17-18,20-24,30,33H,5-12,14-15,29H2,1-4H3,(H,32,36)/b16-13+,31-19?. The summed E-state index contributed by atoms with van der Waals surface area (Å²) in [5.41, 5.74) is 6.84. The van der Waals surface area contributed by atoms with Crippen LogP contribution in [-0.2, 0) is 14.8 Å². The number of nitrogens with zero attached hydrogens (tertiary/aromatic N) is 3. The minimum Gasteiger partial charge on any atom is -0.350 e. The third-order valence-electron chi connectivity index (χ3n) is 9.31. The lowest BCUT2D eigenvalue weighted by atomic mass is 9.74. The molecule has 0 aromatic rings. The first-order valence-electron chi connectivity index (χ1n) is 14.1. The van der Waals surface area contributed by atoms with Gasteiger partial charge in [-0.1, -0.05) is 13.8 Å². The van der Waals surface area contributed by atoms with Crippen LogP contribution in [0, 0.1) is 11.3 Å². The quantitative estimate of drug-likeness (QED) is 0.371. The zero-order valence-electron chi connectivity index (χ0n) is 23.5. The number of halogens is 2. The second-order valence-corrected chi connectivity index (χ2v) is 14.4. The van der Waals surface area contributed by atoms with Crippen molar-refractivity contribution in [2.75, 3.05) is 40.3 Å². The van der Waals surface area contributed by atoms with E-state index < -0.39 is 45.6 Å². The van der Waals surface area contributed by atoms with Gasteiger partial charge in [-0.15, -0.1) is 0 Å². The highest BCUT2D eigenvalue weighted by atomic mass is 32.2. The van der Waals surface area contributed by atoms with Gasteiger partial charge in [0.05, 0.1) is 29.7 Å². The highest BCUT2D eigenvalue weighted by Gasteiger charge is 2.47. The third kappa shape index (κ3) is 6.38. The van der Waals surface area contributed by atoms with Crippen molar-refractivity contribution in [2.45, 2.75) is 88.1 Å².